The summed E-state index contributed by atoms with van der Waals surface area (Å²) in [4.78, 5) is 18.3. The molecule has 0 N–H and O–H groups in total. The molecule has 0 saturated heterocycles. The molecule has 1 aliphatic rings. The van der Waals surface area contributed by atoms with Crippen LogP contribution in [0.15, 0.2) is 64.5 Å². The van der Waals surface area contributed by atoms with Crippen LogP contribution in [-0.2, 0) is 6.61 Å². The zero-order chi connectivity index (χ0) is 25.9. The number of para-hydroxylation sites is 1. The third-order valence-electron chi connectivity index (χ3n) is 6.48. The molecule has 0 bridgehead atoms. The van der Waals surface area contributed by atoms with Crippen molar-refractivity contribution in [3.8, 4) is 5.75 Å². The van der Waals surface area contributed by atoms with Gasteiger partial charge in [0, 0.05) is 21.5 Å². The number of rotatable bonds is 6. The van der Waals surface area contributed by atoms with Gasteiger partial charge in [-0.05, 0) is 100.0 Å². The minimum atomic E-state index is -0.133. The fourth-order valence-corrected chi connectivity index (χ4v) is 7.17. The average molecular weight is 758 g/mol. The molecular weight excluding hydrogens is 735 g/mol. The van der Waals surface area contributed by atoms with E-state index in [-0.39, 0.29) is 11.5 Å². The Morgan fingerprint density at radius 3 is 2.49 bits per heavy atom. The molecule has 1 aliphatic carbocycles. The van der Waals surface area contributed by atoms with Crippen molar-refractivity contribution in [1.82, 2.24) is 9.66 Å². The van der Waals surface area contributed by atoms with Gasteiger partial charge in [-0.25, -0.2) is 4.98 Å². The van der Waals surface area contributed by atoms with Crippen LogP contribution in [0, 0.1) is 7.14 Å². The van der Waals surface area contributed by atoms with Gasteiger partial charge in [-0.3, -0.25) is 4.79 Å². The van der Waals surface area contributed by atoms with Crippen molar-refractivity contribution in [3.05, 3.63) is 99.1 Å². The molecular formula is C28H23Cl2I2N3O2. The highest BCUT2D eigenvalue weighted by atomic mass is 127. The van der Waals surface area contributed by atoms with Crippen LogP contribution < -0.4 is 10.3 Å². The summed E-state index contributed by atoms with van der Waals surface area (Å²) in [5.41, 5.74) is 2.33. The molecule has 0 aliphatic heterocycles. The Morgan fingerprint density at radius 2 is 1.76 bits per heavy atom. The number of hydrogen-bond donors (Lipinski definition) is 0. The Morgan fingerprint density at radius 1 is 1.03 bits per heavy atom. The van der Waals surface area contributed by atoms with E-state index in [0.29, 0.717) is 22.0 Å². The first kappa shape index (κ1) is 26.9. The summed E-state index contributed by atoms with van der Waals surface area (Å²) in [5, 5.41) is 6.41. The van der Waals surface area contributed by atoms with Crippen LogP contribution >= 0.6 is 68.4 Å². The third kappa shape index (κ3) is 6.15. The fraction of sp³-hybridized carbons (Fsp3) is 0.250. The summed E-state index contributed by atoms with van der Waals surface area (Å²) >= 11 is 16.8. The highest BCUT2D eigenvalue weighted by molar-refractivity contribution is 14.1. The Bertz CT molecular complexity index is 1530. The maximum absolute atomic E-state index is 13.4. The quantitative estimate of drug-likeness (QED) is 0.147. The van der Waals surface area contributed by atoms with Gasteiger partial charge in [0.1, 0.15) is 18.2 Å². The van der Waals surface area contributed by atoms with Gasteiger partial charge in [-0.15, -0.1) is 0 Å². The molecule has 0 radical (unpaired) electrons. The van der Waals surface area contributed by atoms with Crippen LogP contribution in [0.4, 0.5) is 0 Å². The van der Waals surface area contributed by atoms with Gasteiger partial charge in [-0.2, -0.15) is 9.78 Å². The molecule has 5 nitrogen and oxygen atoms in total. The first-order valence-corrected chi connectivity index (χ1v) is 14.9. The van der Waals surface area contributed by atoms with Crippen LogP contribution in [0.1, 0.15) is 55.0 Å². The number of aromatic nitrogens is 2. The van der Waals surface area contributed by atoms with E-state index in [0.717, 1.165) is 61.0 Å². The Labute approximate surface area is 252 Å². The zero-order valence-corrected chi connectivity index (χ0v) is 25.6. The lowest BCUT2D eigenvalue weighted by atomic mass is 9.88. The van der Waals surface area contributed by atoms with Gasteiger partial charge in [0.15, 0.2) is 0 Å². The Hall–Kier alpha value is -1.69. The second-order valence-electron chi connectivity index (χ2n) is 9.02. The minimum absolute atomic E-state index is 0.133. The molecule has 1 fully saturated rings. The van der Waals surface area contributed by atoms with E-state index in [2.05, 4.69) is 50.3 Å². The van der Waals surface area contributed by atoms with Crippen molar-refractivity contribution < 1.29 is 4.74 Å². The maximum atomic E-state index is 13.4. The molecule has 0 spiro atoms. The first-order valence-electron chi connectivity index (χ1n) is 12.0. The van der Waals surface area contributed by atoms with E-state index < -0.39 is 0 Å². The molecule has 0 atom stereocenters. The number of nitrogens with zero attached hydrogens (tertiary/aromatic N) is 3. The van der Waals surface area contributed by atoms with Gasteiger partial charge in [0.05, 0.1) is 24.3 Å². The molecule has 37 heavy (non-hydrogen) atoms. The molecule has 190 valence electrons. The lowest BCUT2D eigenvalue weighted by Crippen LogP contribution is -2.25. The molecule has 1 saturated carbocycles. The molecule has 5 rings (SSSR count). The number of benzene rings is 3. The monoisotopic (exact) mass is 757 g/mol. The van der Waals surface area contributed by atoms with E-state index in [1.807, 2.05) is 42.5 Å². The summed E-state index contributed by atoms with van der Waals surface area (Å²) in [5.74, 6) is 1.76. The summed E-state index contributed by atoms with van der Waals surface area (Å²) < 4.78 is 9.49. The first-order chi connectivity index (χ1) is 17.9. The third-order valence-corrected chi connectivity index (χ3v) is 8.67. The standard InChI is InChI=1S/C28H23Cl2I2N3O2/c29-20-11-10-19(22(30)14-20)16-37-26-23(31)12-17(13-24(26)32)15-33-35-27(18-6-2-1-3-7-18)34-25-9-5-4-8-21(25)28(35)36/h4-5,8-15,18H,1-3,6-7,16H2. The van der Waals surface area contributed by atoms with Crippen molar-refractivity contribution in [2.24, 2.45) is 5.10 Å². The van der Waals surface area contributed by atoms with Gasteiger partial charge in [-0.1, -0.05) is 60.7 Å². The van der Waals surface area contributed by atoms with E-state index in [9.17, 15) is 4.79 Å². The smallest absolute Gasteiger partial charge is 0.282 e. The summed E-state index contributed by atoms with van der Waals surface area (Å²) in [6, 6.07) is 16.8. The van der Waals surface area contributed by atoms with Crippen molar-refractivity contribution in [2.75, 3.05) is 0 Å². The van der Waals surface area contributed by atoms with E-state index in [1.54, 1.807) is 18.3 Å². The molecule has 0 amide bonds. The van der Waals surface area contributed by atoms with Crippen LogP contribution in [-0.4, -0.2) is 15.9 Å². The minimum Gasteiger partial charge on any atom is -0.487 e. The lowest BCUT2D eigenvalue weighted by molar-refractivity contribution is 0.302. The highest BCUT2D eigenvalue weighted by Crippen LogP contribution is 2.33. The molecule has 0 unspecified atom stereocenters. The number of hydrogen-bond acceptors (Lipinski definition) is 4. The van der Waals surface area contributed by atoms with E-state index >= 15 is 0 Å². The molecule has 4 aromatic rings. The largest absolute Gasteiger partial charge is 0.487 e. The predicted molar refractivity (Wildman–Crippen MR) is 167 cm³/mol. The predicted octanol–water partition coefficient (Wildman–Crippen LogP) is 8.42. The van der Waals surface area contributed by atoms with Crippen LogP contribution in [0.3, 0.4) is 0 Å². The van der Waals surface area contributed by atoms with Crippen molar-refractivity contribution in [3.63, 3.8) is 0 Å². The van der Waals surface area contributed by atoms with Crippen molar-refractivity contribution >= 4 is 85.5 Å². The van der Waals surface area contributed by atoms with Crippen molar-refractivity contribution in [2.45, 2.75) is 44.6 Å². The van der Waals surface area contributed by atoms with Crippen LogP contribution in [0.5, 0.6) is 5.75 Å². The van der Waals surface area contributed by atoms with E-state index in [4.69, 9.17) is 32.9 Å². The summed E-state index contributed by atoms with van der Waals surface area (Å²) in [6.07, 6.45) is 7.31. The highest BCUT2D eigenvalue weighted by Gasteiger charge is 2.22. The van der Waals surface area contributed by atoms with Gasteiger partial charge >= 0.3 is 0 Å². The van der Waals surface area contributed by atoms with Crippen molar-refractivity contribution in [1.29, 1.82) is 0 Å². The molecule has 1 heterocycles. The van der Waals surface area contributed by atoms with Gasteiger partial charge in [0.2, 0.25) is 0 Å². The SMILES string of the molecule is O=c1c2ccccc2nc(C2CCCCC2)n1N=Cc1cc(I)c(OCc2ccc(Cl)cc2Cl)c(I)c1. The lowest BCUT2D eigenvalue weighted by Gasteiger charge is -2.22. The van der Waals surface area contributed by atoms with Gasteiger partial charge < -0.3 is 4.74 Å². The van der Waals surface area contributed by atoms with Crippen LogP contribution in [0.25, 0.3) is 10.9 Å². The summed E-state index contributed by atoms with van der Waals surface area (Å²) in [7, 11) is 0. The number of halogens is 4. The van der Waals surface area contributed by atoms with Gasteiger partial charge in [0.25, 0.3) is 5.56 Å². The maximum Gasteiger partial charge on any atom is 0.282 e. The fourth-order valence-electron chi connectivity index (χ4n) is 4.58. The number of ether oxygens (including phenoxy) is 1. The average Bonchev–Trinajstić information content (AvgIpc) is 2.89. The molecule has 9 heteroatoms. The topological polar surface area (TPSA) is 56.5 Å². The normalized spacial score (nSPS) is 14.5. The number of fused-ring (bicyclic) bond motifs is 1. The second-order valence-corrected chi connectivity index (χ2v) is 12.2. The Balaban J connectivity index is 1.45. The van der Waals surface area contributed by atoms with Crippen LogP contribution in [0.2, 0.25) is 10.0 Å². The zero-order valence-electron chi connectivity index (χ0n) is 19.8. The Kier molecular flexibility index (Phi) is 8.73. The molecule has 3 aromatic carbocycles. The second kappa shape index (κ2) is 12.0. The summed E-state index contributed by atoms with van der Waals surface area (Å²) in [6.45, 7) is 0.332. The molecule has 1 aromatic heterocycles. The van der Waals surface area contributed by atoms with E-state index in [1.165, 1.54) is 11.1 Å².